The van der Waals surface area contributed by atoms with Gasteiger partial charge in [-0.25, -0.2) is 4.79 Å². The second kappa shape index (κ2) is 10.7. The summed E-state index contributed by atoms with van der Waals surface area (Å²) in [5.74, 6) is -2.76. The number of hydrogen-bond donors (Lipinski definition) is 1. The quantitative estimate of drug-likeness (QED) is 0.592. The molecule has 172 valence electrons. The number of carbonyl (C=O) groups is 1. The minimum Gasteiger partial charge on any atom is -0.475 e. The summed E-state index contributed by atoms with van der Waals surface area (Å²) in [7, 11) is 1.97. The van der Waals surface area contributed by atoms with Gasteiger partial charge in [-0.1, -0.05) is 35.5 Å². The van der Waals surface area contributed by atoms with Crippen molar-refractivity contribution in [2.24, 2.45) is 7.05 Å². The molecule has 1 aliphatic rings. The first-order valence-corrected chi connectivity index (χ1v) is 10.8. The summed E-state index contributed by atoms with van der Waals surface area (Å²) >= 11 is 1.74. The van der Waals surface area contributed by atoms with Crippen LogP contribution >= 0.6 is 11.3 Å². The van der Waals surface area contributed by atoms with Crippen molar-refractivity contribution in [3.8, 4) is 0 Å². The van der Waals surface area contributed by atoms with E-state index in [0.717, 1.165) is 25.2 Å². The Labute approximate surface area is 187 Å². The molecule has 0 saturated heterocycles. The normalized spacial score (nSPS) is 16.2. The monoisotopic (exact) mass is 468 g/mol. The first-order valence-electron chi connectivity index (χ1n) is 9.81. The van der Waals surface area contributed by atoms with Gasteiger partial charge in [-0.2, -0.15) is 24.5 Å². The lowest BCUT2D eigenvalue weighted by Crippen LogP contribution is -2.38. The molecule has 32 heavy (non-hydrogen) atoms. The smallest absolute Gasteiger partial charge is 0.475 e. The van der Waals surface area contributed by atoms with Crippen molar-refractivity contribution < 1.29 is 27.8 Å². The summed E-state index contributed by atoms with van der Waals surface area (Å²) in [5.41, 5.74) is 4.85. The third-order valence-corrected chi connectivity index (χ3v) is 5.69. The van der Waals surface area contributed by atoms with E-state index in [-0.39, 0.29) is 6.04 Å². The fourth-order valence-electron chi connectivity index (χ4n) is 3.37. The van der Waals surface area contributed by atoms with E-state index in [2.05, 4.69) is 44.2 Å². The Bertz CT molecular complexity index is 994. The molecule has 0 bridgehead atoms. The van der Waals surface area contributed by atoms with Gasteiger partial charge in [0.2, 0.25) is 0 Å². The molecule has 0 amide bonds. The first-order chi connectivity index (χ1) is 15.3. The fraction of sp³-hybridized carbons (Fsp3) is 0.381. The molecule has 0 spiro atoms. The number of alkyl halides is 3. The lowest BCUT2D eigenvalue weighted by molar-refractivity contribution is -0.192. The Morgan fingerprint density at radius 3 is 2.59 bits per heavy atom. The van der Waals surface area contributed by atoms with Crippen molar-refractivity contribution in [1.29, 1.82) is 0 Å². The van der Waals surface area contributed by atoms with Gasteiger partial charge < -0.3 is 9.84 Å². The van der Waals surface area contributed by atoms with Gasteiger partial charge in [0.15, 0.2) is 0 Å². The maximum atomic E-state index is 10.6. The van der Waals surface area contributed by atoms with Crippen LogP contribution in [0.3, 0.4) is 0 Å². The van der Waals surface area contributed by atoms with E-state index in [4.69, 9.17) is 14.6 Å². The van der Waals surface area contributed by atoms with E-state index in [9.17, 15) is 13.2 Å². The predicted octanol–water partition coefficient (Wildman–Crippen LogP) is 3.83. The Morgan fingerprint density at radius 2 is 1.97 bits per heavy atom. The molecule has 0 saturated carbocycles. The van der Waals surface area contributed by atoms with E-state index in [1.54, 1.807) is 11.3 Å². The van der Waals surface area contributed by atoms with Gasteiger partial charge in [-0.15, -0.1) is 5.10 Å². The van der Waals surface area contributed by atoms with E-state index >= 15 is 0 Å². The Hall–Kier alpha value is -2.76. The molecule has 1 N–H and O–H groups in total. The molecular formula is C21H23F3N4O3S. The Kier molecular flexibility index (Phi) is 7.99. The van der Waals surface area contributed by atoms with Gasteiger partial charge in [0, 0.05) is 26.6 Å². The first kappa shape index (κ1) is 23.9. The molecule has 2 aromatic heterocycles. The molecule has 7 nitrogen and oxygen atoms in total. The number of fused-ring (bicyclic) bond motifs is 1. The van der Waals surface area contributed by atoms with Gasteiger partial charge in [0.05, 0.1) is 24.9 Å². The number of halogens is 3. The topological polar surface area (TPSA) is 80.5 Å². The largest absolute Gasteiger partial charge is 0.490 e. The summed E-state index contributed by atoms with van der Waals surface area (Å²) < 4.78 is 39.7. The van der Waals surface area contributed by atoms with Crippen LogP contribution in [0.1, 0.15) is 28.6 Å². The second-order valence-electron chi connectivity index (χ2n) is 7.22. The van der Waals surface area contributed by atoms with Crippen molar-refractivity contribution in [1.82, 2.24) is 19.9 Å². The van der Waals surface area contributed by atoms with Crippen molar-refractivity contribution >= 4 is 17.3 Å². The van der Waals surface area contributed by atoms with Crippen molar-refractivity contribution in [2.75, 3.05) is 13.2 Å². The maximum Gasteiger partial charge on any atom is 0.490 e. The molecule has 1 aliphatic heterocycles. The average Bonchev–Trinajstić information content (AvgIpc) is 3.40. The number of rotatable bonds is 6. The third kappa shape index (κ3) is 6.38. The van der Waals surface area contributed by atoms with Crippen LogP contribution in [0.4, 0.5) is 13.2 Å². The Morgan fingerprint density at radius 1 is 1.25 bits per heavy atom. The minimum atomic E-state index is -5.08. The number of carboxylic acids is 1. The van der Waals surface area contributed by atoms with Crippen LogP contribution in [0.25, 0.3) is 0 Å². The molecule has 4 rings (SSSR count). The SMILES string of the molecule is Cn1nnc2c1CCN(Cc1ccsc1)C2COCc1ccccc1.O=C(O)C(F)(F)F. The molecular weight excluding hydrogens is 445 g/mol. The molecule has 0 aliphatic carbocycles. The summed E-state index contributed by atoms with van der Waals surface area (Å²) in [6, 6.07) is 12.7. The molecule has 1 unspecified atom stereocenters. The van der Waals surface area contributed by atoms with Crippen molar-refractivity contribution in [2.45, 2.75) is 31.8 Å². The molecule has 1 aromatic carbocycles. The number of hydrogen-bond acceptors (Lipinski definition) is 6. The zero-order chi connectivity index (χ0) is 23.1. The molecule has 11 heteroatoms. The lowest BCUT2D eigenvalue weighted by Gasteiger charge is -2.34. The third-order valence-electron chi connectivity index (χ3n) is 4.96. The molecule has 1 atom stereocenters. The van der Waals surface area contributed by atoms with Gasteiger partial charge in [-0.3, -0.25) is 9.58 Å². The fourth-order valence-corrected chi connectivity index (χ4v) is 4.03. The van der Waals surface area contributed by atoms with Crippen LogP contribution in [0.2, 0.25) is 0 Å². The van der Waals surface area contributed by atoms with Gasteiger partial charge >= 0.3 is 12.1 Å². The summed E-state index contributed by atoms with van der Waals surface area (Å²) in [6.07, 6.45) is -4.10. The van der Waals surface area contributed by atoms with Crippen molar-refractivity contribution in [3.05, 3.63) is 69.7 Å². The highest BCUT2D eigenvalue weighted by molar-refractivity contribution is 7.07. The molecule has 0 fully saturated rings. The van der Waals surface area contributed by atoms with Gasteiger partial charge in [0.25, 0.3) is 0 Å². The minimum absolute atomic E-state index is 0.154. The maximum absolute atomic E-state index is 10.6. The number of benzene rings is 1. The van der Waals surface area contributed by atoms with Crippen LogP contribution < -0.4 is 0 Å². The van der Waals surface area contributed by atoms with E-state index in [0.29, 0.717) is 13.2 Å². The van der Waals surface area contributed by atoms with Crippen LogP contribution in [0.15, 0.2) is 47.2 Å². The number of aryl methyl sites for hydroxylation is 1. The zero-order valence-electron chi connectivity index (χ0n) is 17.3. The number of carboxylic acid groups (broad SMARTS) is 1. The standard InChI is InChI=1S/C19H22N4OS.C2HF3O2/c1-22-17-7-9-23(11-16-8-10-25-14-16)18(19(17)20-21-22)13-24-12-15-5-3-2-4-6-15;3-2(4,5)1(6)7/h2-6,8,10,14,18H,7,9,11-13H2,1H3;(H,6,7). The molecule has 3 aromatic rings. The van der Waals surface area contributed by atoms with Gasteiger partial charge in [0.1, 0.15) is 5.69 Å². The number of thiophene rings is 1. The number of aliphatic carboxylic acids is 1. The van der Waals surface area contributed by atoms with Crippen LogP contribution in [0, 0.1) is 0 Å². The van der Waals surface area contributed by atoms with Crippen LogP contribution in [-0.2, 0) is 36.2 Å². The summed E-state index contributed by atoms with van der Waals surface area (Å²) in [5, 5.41) is 20.1. The number of nitrogens with zero attached hydrogens (tertiary/aromatic N) is 4. The molecule has 0 radical (unpaired) electrons. The average molecular weight is 469 g/mol. The highest BCUT2D eigenvalue weighted by atomic mass is 32.1. The van der Waals surface area contributed by atoms with E-state index < -0.39 is 12.1 Å². The van der Waals surface area contributed by atoms with E-state index in [1.807, 2.05) is 29.9 Å². The highest BCUT2D eigenvalue weighted by Crippen LogP contribution is 2.30. The number of ether oxygens (including phenoxy) is 1. The lowest BCUT2D eigenvalue weighted by atomic mass is 10.0. The second-order valence-corrected chi connectivity index (χ2v) is 8.00. The zero-order valence-corrected chi connectivity index (χ0v) is 18.1. The molecule has 3 heterocycles. The highest BCUT2D eigenvalue weighted by Gasteiger charge is 2.38. The summed E-state index contributed by atoms with van der Waals surface area (Å²) in [4.78, 5) is 11.4. The number of aromatic nitrogens is 3. The van der Waals surface area contributed by atoms with Crippen LogP contribution in [-0.4, -0.2) is 50.3 Å². The summed E-state index contributed by atoms with van der Waals surface area (Å²) in [6.45, 7) is 3.19. The van der Waals surface area contributed by atoms with Crippen LogP contribution in [0.5, 0.6) is 0 Å². The van der Waals surface area contributed by atoms with Crippen molar-refractivity contribution in [3.63, 3.8) is 0 Å². The van der Waals surface area contributed by atoms with Gasteiger partial charge in [-0.05, 0) is 28.0 Å². The van der Waals surface area contributed by atoms with E-state index in [1.165, 1.54) is 16.8 Å². The Balaban J connectivity index is 0.000000360. The predicted molar refractivity (Wildman–Crippen MR) is 112 cm³/mol.